The van der Waals surface area contributed by atoms with E-state index in [0.29, 0.717) is 6.07 Å². The average molecular weight is 499 g/mol. The van der Waals surface area contributed by atoms with Crippen molar-refractivity contribution < 1.29 is 26.7 Å². The van der Waals surface area contributed by atoms with E-state index in [9.17, 15) is 26.7 Å². The maximum atomic E-state index is 14.0. The van der Waals surface area contributed by atoms with E-state index in [-0.39, 0.29) is 39.7 Å². The number of amides is 1. The smallest absolute Gasteiger partial charge is 0.280 e. The largest absolute Gasteiger partial charge is 0.308 e. The molecular weight excluding hydrogens is 483 g/mol. The third-order valence-corrected chi connectivity index (χ3v) is 5.32. The highest BCUT2D eigenvalue weighted by molar-refractivity contribution is 6.31. The second-order valence-corrected chi connectivity index (χ2v) is 7.73. The average Bonchev–Trinajstić information content (AvgIpc) is 3.34. The van der Waals surface area contributed by atoms with E-state index in [4.69, 9.17) is 11.6 Å². The van der Waals surface area contributed by atoms with Crippen LogP contribution in [0.1, 0.15) is 35.4 Å². The van der Waals surface area contributed by atoms with Crippen LogP contribution in [0.15, 0.2) is 36.5 Å². The SMILES string of the molecule is Cc1nn(CC(=O)Nc2ccn(Cc3c(F)cccc3Cl)n2)c2nc(C(F)F)cc(C(F)F)c12. The summed E-state index contributed by atoms with van der Waals surface area (Å²) in [6.45, 7) is 0.946. The Morgan fingerprint density at radius 2 is 1.91 bits per heavy atom. The Hall–Kier alpha value is -3.54. The first-order valence-corrected chi connectivity index (χ1v) is 10.2. The van der Waals surface area contributed by atoms with Gasteiger partial charge in [-0.15, -0.1) is 0 Å². The Labute approximate surface area is 194 Å². The topological polar surface area (TPSA) is 77.6 Å². The lowest BCUT2D eigenvalue weighted by Crippen LogP contribution is -2.20. The number of carbonyl (C=O) groups excluding carboxylic acids is 1. The minimum absolute atomic E-state index is 0.0150. The summed E-state index contributed by atoms with van der Waals surface area (Å²) in [7, 11) is 0. The summed E-state index contributed by atoms with van der Waals surface area (Å²) in [5, 5.41) is 10.8. The number of aryl methyl sites for hydroxylation is 1. The molecule has 3 heterocycles. The molecule has 1 aromatic carbocycles. The maximum absolute atomic E-state index is 14.0. The van der Waals surface area contributed by atoms with E-state index in [1.807, 2.05) is 0 Å². The number of anilines is 1. The third kappa shape index (κ3) is 4.72. The Kier molecular flexibility index (Phi) is 6.51. The number of nitrogens with zero attached hydrogens (tertiary/aromatic N) is 5. The summed E-state index contributed by atoms with van der Waals surface area (Å²) in [5.41, 5.74) is -1.37. The Morgan fingerprint density at radius 1 is 1.15 bits per heavy atom. The number of halogens is 6. The first kappa shape index (κ1) is 23.6. The molecule has 0 bridgehead atoms. The molecule has 4 rings (SSSR count). The highest BCUT2D eigenvalue weighted by Crippen LogP contribution is 2.32. The number of rotatable bonds is 7. The zero-order valence-corrected chi connectivity index (χ0v) is 18.2. The summed E-state index contributed by atoms with van der Waals surface area (Å²) >= 11 is 6.01. The van der Waals surface area contributed by atoms with Crippen LogP contribution >= 0.6 is 11.6 Å². The molecule has 3 aromatic heterocycles. The van der Waals surface area contributed by atoms with Gasteiger partial charge < -0.3 is 5.32 Å². The molecule has 0 aliphatic rings. The molecule has 1 amide bonds. The van der Waals surface area contributed by atoms with E-state index in [1.165, 1.54) is 42.1 Å². The first-order chi connectivity index (χ1) is 16.1. The van der Waals surface area contributed by atoms with Gasteiger partial charge in [-0.25, -0.2) is 31.6 Å². The summed E-state index contributed by atoms with van der Waals surface area (Å²) in [4.78, 5) is 16.3. The second-order valence-electron chi connectivity index (χ2n) is 7.33. The zero-order chi connectivity index (χ0) is 24.6. The molecule has 0 radical (unpaired) electrons. The summed E-state index contributed by atoms with van der Waals surface area (Å²) in [6, 6.07) is 6.37. The van der Waals surface area contributed by atoms with E-state index in [0.717, 1.165) is 4.68 Å². The lowest BCUT2D eigenvalue weighted by Gasteiger charge is -2.08. The Morgan fingerprint density at radius 3 is 2.59 bits per heavy atom. The molecule has 34 heavy (non-hydrogen) atoms. The van der Waals surface area contributed by atoms with Crippen molar-refractivity contribution in [3.63, 3.8) is 0 Å². The molecule has 7 nitrogen and oxygen atoms in total. The monoisotopic (exact) mass is 498 g/mol. The quantitative estimate of drug-likeness (QED) is 0.351. The summed E-state index contributed by atoms with van der Waals surface area (Å²) in [6.07, 6.45) is -4.61. The number of hydrogen-bond acceptors (Lipinski definition) is 4. The van der Waals surface area contributed by atoms with E-state index < -0.39 is 42.4 Å². The molecule has 4 aromatic rings. The third-order valence-electron chi connectivity index (χ3n) is 4.97. The molecule has 0 aliphatic carbocycles. The first-order valence-electron chi connectivity index (χ1n) is 9.84. The Bertz CT molecular complexity index is 1350. The lowest BCUT2D eigenvalue weighted by molar-refractivity contribution is -0.116. The van der Waals surface area contributed by atoms with Crippen LogP contribution in [-0.2, 0) is 17.9 Å². The van der Waals surface area contributed by atoms with Crippen molar-refractivity contribution in [3.8, 4) is 0 Å². The van der Waals surface area contributed by atoms with Crippen molar-refractivity contribution in [3.05, 3.63) is 69.9 Å². The van der Waals surface area contributed by atoms with Crippen LogP contribution in [0, 0.1) is 12.7 Å². The number of fused-ring (bicyclic) bond motifs is 1. The lowest BCUT2D eigenvalue weighted by atomic mass is 10.1. The maximum Gasteiger partial charge on any atom is 0.280 e. The van der Waals surface area contributed by atoms with Crippen LogP contribution in [0.2, 0.25) is 5.02 Å². The van der Waals surface area contributed by atoms with Crippen LogP contribution in [0.4, 0.5) is 27.8 Å². The molecular formula is C21H16ClF5N6O. The second kappa shape index (κ2) is 9.37. The fourth-order valence-electron chi connectivity index (χ4n) is 3.48. The molecule has 0 spiro atoms. The fourth-order valence-corrected chi connectivity index (χ4v) is 3.70. The number of pyridine rings is 1. The van der Waals surface area contributed by atoms with Gasteiger partial charge in [-0.05, 0) is 25.1 Å². The van der Waals surface area contributed by atoms with Crippen molar-refractivity contribution >= 4 is 34.4 Å². The minimum atomic E-state index is -3.08. The highest BCUT2D eigenvalue weighted by atomic mass is 35.5. The van der Waals surface area contributed by atoms with Gasteiger partial charge in [-0.1, -0.05) is 17.7 Å². The Balaban J connectivity index is 1.54. The molecule has 0 fully saturated rings. The van der Waals surface area contributed by atoms with E-state index >= 15 is 0 Å². The normalized spacial score (nSPS) is 11.7. The van der Waals surface area contributed by atoms with E-state index in [2.05, 4.69) is 20.5 Å². The number of aromatic nitrogens is 5. The van der Waals surface area contributed by atoms with Gasteiger partial charge >= 0.3 is 0 Å². The van der Waals surface area contributed by atoms with Crippen LogP contribution in [0.3, 0.4) is 0 Å². The molecule has 0 unspecified atom stereocenters. The van der Waals surface area contributed by atoms with Crippen molar-refractivity contribution in [2.24, 2.45) is 0 Å². The van der Waals surface area contributed by atoms with Crippen LogP contribution in [-0.4, -0.2) is 30.5 Å². The van der Waals surface area contributed by atoms with Crippen LogP contribution in [0.5, 0.6) is 0 Å². The fraction of sp³-hybridized carbons (Fsp3) is 0.238. The predicted molar refractivity (Wildman–Crippen MR) is 114 cm³/mol. The molecule has 0 aliphatic heterocycles. The molecule has 1 N–H and O–H groups in total. The van der Waals surface area contributed by atoms with Crippen LogP contribution < -0.4 is 5.32 Å². The van der Waals surface area contributed by atoms with Crippen molar-refractivity contribution in [2.45, 2.75) is 32.9 Å². The van der Waals surface area contributed by atoms with Gasteiger partial charge in [-0.3, -0.25) is 9.48 Å². The van der Waals surface area contributed by atoms with Crippen molar-refractivity contribution in [1.29, 1.82) is 0 Å². The van der Waals surface area contributed by atoms with Gasteiger partial charge in [0.05, 0.1) is 17.6 Å². The summed E-state index contributed by atoms with van der Waals surface area (Å²) < 4.78 is 69.6. The predicted octanol–water partition coefficient (Wildman–Crippen LogP) is 5.29. The van der Waals surface area contributed by atoms with Gasteiger partial charge in [0.1, 0.15) is 18.1 Å². The number of nitrogens with one attached hydrogen (secondary N) is 1. The van der Waals surface area contributed by atoms with Gasteiger partial charge in [0.15, 0.2) is 11.5 Å². The summed E-state index contributed by atoms with van der Waals surface area (Å²) in [5.74, 6) is -1.03. The number of benzene rings is 1. The number of carbonyl (C=O) groups is 1. The standard InChI is InChI=1S/C21H16ClF5N6O/c1-10-18-11(19(24)25)7-15(20(26)27)28-21(18)33(30-10)9-17(34)29-16-5-6-32(31-16)8-12-13(22)3-2-4-14(12)23/h2-7,19-20H,8-9H2,1H3,(H,29,31,34). The van der Waals surface area contributed by atoms with Gasteiger partial charge in [-0.2, -0.15) is 10.2 Å². The van der Waals surface area contributed by atoms with Crippen LogP contribution in [0.25, 0.3) is 11.0 Å². The zero-order valence-electron chi connectivity index (χ0n) is 17.4. The molecule has 0 saturated heterocycles. The highest BCUT2D eigenvalue weighted by Gasteiger charge is 2.24. The molecule has 0 atom stereocenters. The van der Waals surface area contributed by atoms with Crippen molar-refractivity contribution in [2.75, 3.05) is 5.32 Å². The van der Waals surface area contributed by atoms with Gasteiger partial charge in [0, 0.05) is 28.4 Å². The number of alkyl halides is 4. The van der Waals surface area contributed by atoms with Gasteiger partial charge in [0.2, 0.25) is 5.91 Å². The molecule has 13 heteroatoms. The van der Waals surface area contributed by atoms with Crippen molar-refractivity contribution in [1.82, 2.24) is 24.5 Å². The minimum Gasteiger partial charge on any atom is -0.308 e. The molecule has 0 saturated carbocycles. The van der Waals surface area contributed by atoms with Gasteiger partial charge in [0.25, 0.3) is 12.9 Å². The number of hydrogen-bond donors (Lipinski definition) is 1. The van der Waals surface area contributed by atoms with E-state index in [1.54, 1.807) is 0 Å². The molecule has 178 valence electrons.